The normalized spacial score (nSPS) is 19.7. The van der Waals surface area contributed by atoms with Crippen LogP contribution in [-0.4, -0.2) is 31.7 Å². The molecule has 1 atom stereocenters. The maximum Gasteiger partial charge on any atom is 0.353 e. The highest BCUT2D eigenvalue weighted by Gasteiger charge is 2.58. The van der Waals surface area contributed by atoms with Crippen molar-refractivity contribution in [2.45, 2.75) is 18.5 Å². The van der Waals surface area contributed by atoms with Crippen LogP contribution in [0.4, 0.5) is 5.69 Å². The second-order valence-corrected chi connectivity index (χ2v) is 6.74. The Morgan fingerprint density at radius 3 is 2.50 bits per heavy atom. The van der Waals surface area contributed by atoms with Crippen LogP contribution >= 0.6 is 0 Å². The SMILES string of the molecule is O=C1CC[C@@]2(C(=O)O)N1c1ccccc1-c1nc(=O)c(-c3ccccc3)nn12. The van der Waals surface area contributed by atoms with Gasteiger partial charge in [0.25, 0.3) is 5.56 Å². The van der Waals surface area contributed by atoms with Gasteiger partial charge in [-0.15, -0.1) is 0 Å². The molecule has 138 valence electrons. The fraction of sp³-hybridized carbons (Fsp3) is 0.150. The Hall–Kier alpha value is -3.81. The Balaban J connectivity index is 1.89. The van der Waals surface area contributed by atoms with Crippen LogP contribution in [0.3, 0.4) is 0 Å². The molecule has 2 aliphatic rings. The van der Waals surface area contributed by atoms with Gasteiger partial charge < -0.3 is 5.11 Å². The van der Waals surface area contributed by atoms with Gasteiger partial charge in [0.2, 0.25) is 11.6 Å². The van der Waals surface area contributed by atoms with E-state index in [0.29, 0.717) is 16.8 Å². The van der Waals surface area contributed by atoms with E-state index in [1.807, 2.05) is 0 Å². The van der Waals surface area contributed by atoms with Crippen LogP contribution < -0.4 is 10.5 Å². The van der Waals surface area contributed by atoms with Gasteiger partial charge in [-0.05, 0) is 12.1 Å². The maximum atomic E-state index is 12.7. The Bertz CT molecular complexity index is 1200. The number of para-hydroxylation sites is 1. The second-order valence-electron chi connectivity index (χ2n) is 6.74. The van der Waals surface area contributed by atoms with Gasteiger partial charge in [0, 0.05) is 24.0 Å². The Morgan fingerprint density at radius 1 is 1.04 bits per heavy atom. The van der Waals surface area contributed by atoms with E-state index >= 15 is 0 Å². The van der Waals surface area contributed by atoms with Crippen molar-refractivity contribution in [2.75, 3.05) is 4.90 Å². The summed E-state index contributed by atoms with van der Waals surface area (Å²) in [5, 5.41) is 14.6. The highest BCUT2D eigenvalue weighted by atomic mass is 16.4. The summed E-state index contributed by atoms with van der Waals surface area (Å²) in [6.45, 7) is 0. The minimum Gasteiger partial charge on any atom is -0.478 e. The summed E-state index contributed by atoms with van der Waals surface area (Å²) in [6.07, 6.45) is 0.100. The van der Waals surface area contributed by atoms with Gasteiger partial charge in [-0.2, -0.15) is 10.1 Å². The van der Waals surface area contributed by atoms with Crippen LogP contribution in [0.25, 0.3) is 22.6 Å². The average molecular weight is 374 g/mol. The van der Waals surface area contributed by atoms with Crippen molar-refractivity contribution >= 4 is 17.6 Å². The van der Waals surface area contributed by atoms with Gasteiger partial charge in [0.1, 0.15) is 0 Å². The molecule has 0 spiro atoms. The van der Waals surface area contributed by atoms with E-state index in [2.05, 4.69) is 10.1 Å². The third kappa shape index (κ3) is 1.97. The first-order valence-corrected chi connectivity index (χ1v) is 8.77. The lowest BCUT2D eigenvalue weighted by Crippen LogP contribution is -2.58. The summed E-state index contributed by atoms with van der Waals surface area (Å²) >= 11 is 0. The number of amides is 1. The Kier molecular flexibility index (Phi) is 3.27. The van der Waals surface area contributed by atoms with Crippen LogP contribution in [0.1, 0.15) is 12.8 Å². The highest BCUT2D eigenvalue weighted by molar-refractivity contribution is 6.07. The number of nitrogens with zero attached hydrogens (tertiary/aromatic N) is 4. The lowest BCUT2D eigenvalue weighted by atomic mass is 10.00. The fourth-order valence-corrected chi connectivity index (χ4v) is 3.99. The molecule has 8 nitrogen and oxygen atoms in total. The molecule has 2 aliphatic heterocycles. The predicted molar refractivity (Wildman–Crippen MR) is 99.5 cm³/mol. The molecule has 2 aromatic carbocycles. The number of carbonyl (C=O) groups excluding carboxylic acids is 1. The minimum atomic E-state index is -1.75. The van der Waals surface area contributed by atoms with E-state index in [1.165, 1.54) is 9.58 Å². The molecule has 1 saturated heterocycles. The zero-order valence-corrected chi connectivity index (χ0v) is 14.6. The molecule has 5 rings (SSSR count). The van der Waals surface area contributed by atoms with Crippen LogP contribution in [0.5, 0.6) is 0 Å². The first kappa shape index (κ1) is 16.4. The van der Waals surface area contributed by atoms with Crippen LogP contribution in [-0.2, 0) is 15.3 Å². The largest absolute Gasteiger partial charge is 0.478 e. The quantitative estimate of drug-likeness (QED) is 0.734. The summed E-state index contributed by atoms with van der Waals surface area (Å²) < 4.78 is 1.23. The molecular weight excluding hydrogens is 360 g/mol. The number of carbonyl (C=O) groups is 2. The standard InChI is InChI=1S/C20H14N4O4/c25-15-10-11-20(19(27)28)23(15)14-9-5-4-8-13(14)17-21-18(26)16(22-24(17)20)12-6-2-1-3-7-12/h1-9H,10-11H2,(H,27,28)/t20-/m1/s1. The number of rotatable bonds is 2. The Labute approximate surface area is 158 Å². The molecule has 1 aromatic heterocycles. The summed E-state index contributed by atoms with van der Waals surface area (Å²) in [5.74, 6) is -1.37. The summed E-state index contributed by atoms with van der Waals surface area (Å²) in [5.41, 5.74) is -0.794. The number of carboxylic acids is 1. The lowest BCUT2D eigenvalue weighted by molar-refractivity contribution is -0.148. The van der Waals surface area contributed by atoms with E-state index in [1.54, 1.807) is 54.6 Å². The molecule has 0 saturated carbocycles. The van der Waals surface area contributed by atoms with Gasteiger partial charge >= 0.3 is 5.97 Å². The van der Waals surface area contributed by atoms with E-state index in [-0.39, 0.29) is 30.3 Å². The van der Waals surface area contributed by atoms with Crippen molar-refractivity contribution in [3.8, 4) is 22.6 Å². The third-order valence-electron chi connectivity index (χ3n) is 5.24. The lowest BCUT2D eigenvalue weighted by Gasteiger charge is -2.41. The van der Waals surface area contributed by atoms with Gasteiger partial charge in [-0.3, -0.25) is 14.5 Å². The van der Waals surface area contributed by atoms with Crippen molar-refractivity contribution in [3.63, 3.8) is 0 Å². The number of hydrogen-bond donors (Lipinski definition) is 1. The molecule has 1 amide bonds. The topological polar surface area (TPSA) is 105 Å². The van der Waals surface area contributed by atoms with Gasteiger partial charge in [-0.25, -0.2) is 9.48 Å². The van der Waals surface area contributed by atoms with Crippen LogP contribution in [0, 0.1) is 0 Å². The van der Waals surface area contributed by atoms with E-state index < -0.39 is 17.2 Å². The molecule has 0 aliphatic carbocycles. The molecular formula is C20H14N4O4. The zero-order chi connectivity index (χ0) is 19.5. The van der Waals surface area contributed by atoms with Crippen molar-refractivity contribution in [2.24, 2.45) is 0 Å². The number of aromatic nitrogens is 3. The number of anilines is 1. The summed E-state index contributed by atoms with van der Waals surface area (Å²) in [7, 11) is 0. The van der Waals surface area contributed by atoms with Gasteiger partial charge in [0.15, 0.2) is 11.5 Å². The molecule has 0 radical (unpaired) electrons. The van der Waals surface area contributed by atoms with Crippen molar-refractivity contribution in [1.29, 1.82) is 0 Å². The molecule has 8 heteroatoms. The molecule has 0 unspecified atom stereocenters. The summed E-state index contributed by atoms with van der Waals surface area (Å²) in [4.78, 5) is 43.3. The summed E-state index contributed by atoms with van der Waals surface area (Å²) in [6, 6.07) is 15.6. The number of aliphatic carboxylic acids is 1. The molecule has 0 bridgehead atoms. The minimum absolute atomic E-state index is 0.0360. The number of fused-ring (bicyclic) bond motifs is 6. The van der Waals surface area contributed by atoms with Crippen LogP contribution in [0.15, 0.2) is 59.4 Å². The van der Waals surface area contributed by atoms with E-state index in [0.717, 1.165) is 0 Å². The zero-order valence-electron chi connectivity index (χ0n) is 14.6. The van der Waals surface area contributed by atoms with Gasteiger partial charge in [0.05, 0.1) is 5.69 Å². The van der Waals surface area contributed by atoms with Crippen LogP contribution in [0.2, 0.25) is 0 Å². The monoisotopic (exact) mass is 374 g/mol. The first-order valence-electron chi connectivity index (χ1n) is 8.77. The molecule has 3 aromatic rings. The maximum absolute atomic E-state index is 12.7. The second kappa shape index (κ2) is 5.59. The van der Waals surface area contributed by atoms with E-state index in [9.17, 15) is 19.5 Å². The molecule has 28 heavy (non-hydrogen) atoms. The van der Waals surface area contributed by atoms with Crippen molar-refractivity contribution in [3.05, 3.63) is 65.0 Å². The number of benzene rings is 2. The average Bonchev–Trinajstić information content (AvgIpc) is 3.07. The fourth-order valence-electron chi connectivity index (χ4n) is 3.99. The molecule has 1 N–H and O–H groups in total. The van der Waals surface area contributed by atoms with E-state index in [4.69, 9.17) is 0 Å². The molecule has 1 fully saturated rings. The first-order chi connectivity index (χ1) is 13.5. The van der Waals surface area contributed by atoms with Crippen molar-refractivity contribution < 1.29 is 14.7 Å². The number of hydrogen-bond acceptors (Lipinski definition) is 5. The van der Waals surface area contributed by atoms with Gasteiger partial charge in [-0.1, -0.05) is 42.5 Å². The van der Waals surface area contributed by atoms with Crippen molar-refractivity contribution in [1.82, 2.24) is 14.8 Å². The highest BCUT2D eigenvalue weighted by Crippen LogP contribution is 2.47. The number of carboxylic acid groups (broad SMARTS) is 1. The Morgan fingerprint density at radius 2 is 1.75 bits per heavy atom. The predicted octanol–water partition coefficient (Wildman–Crippen LogP) is 1.85. The third-order valence-corrected chi connectivity index (χ3v) is 5.24. The smallest absolute Gasteiger partial charge is 0.353 e. The molecule has 3 heterocycles.